The van der Waals surface area contributed by atoms with Crippen LogP contribution in [0.2, 0.25) is 0 Å². The smallest absolute Gasteiger partial charge is 0.313 e. The van der Waals surface area contributed by atoms with E-state index in [-0.39, 0.29) is 5.69 Å². The molecule has 1 aromatic rings. The maximum Gasteiger partial charge on any atom is 0.313 e. The molecule has 0 saturated heterocycles. The predicted octanol–water partition coefficient (Wildman–Crippen LogP) is 0.833. The van der Waals surface area contributed by atoms with Crippen molar-refractivity contribution in [3.63, 3.8) is 0 Å². The quantitative estimate of drug-likeness (QED) is 0.799. The Labute approximate surface area is 125 Å². The number of carbonyl (C=O) groups is 2. The largest absolute Gasteiger partial charge is 0.348 e. The molecule has 2 amide bonds. The molecule has 22 heavy (non-hydrogen) atoms. The molecule has 0 atom stereocenters. The summed E-state index contributed by atoms with van der Waals surface area (Å²) in [6, 6.07) is 1.29. The molecule has 9 heteroatoms. The maximum atomic E-state index is 13.6. The lowest BCUT2D eigenvalue weighted by Gasteiger charge is -2.08. The third-order valence-electron chi connectivity index (χ3n) is 3.08. The highest BCUT2D eigenvalue weighted by Crippen LogP contribution is 2.27. The van der Waals surface area contributed by atoms with Crippen LogP contribution in [0.25, 0.3) is 0 Å². The highest BCUT2D eigenvalue weighted by atomic mass is 32.2. The van der Waals surface area contributed by atoms with Gasteiger partial charge in [-0.25, -0.2) is 17.2 Å². The lowest BCUT2D eigenvalue weighted by molar-refractivity contribution is -0.136. The van der Waals surface area contributed by atoms with Crippen molar-refractivity contribution in [2.75, 3.05) is 18.1 Å². The molecule has 1 saturated carbocycles. The summed E-state index contributed by atoms with van der Waals surface area (Å²) in [7, 11) is -4.08. The van der Waals surface area contributed by atoms with Gasteiger partial charge in [-0.1, -0.05) is 0 Å². The van der Waals surface area contributed by atoms with E-state index < -0.39 is 38.2 Å². The van der Waals surface area contributed by atoms with Crippen LogP contribution in [0.4, 0.5) is 14.5 Å². The number of rotatable bonds is 4. The molecule has 0 aliphatic heterocycles. The zero-order valence-corrected chi connectivity index (χ0v) is 12.5. The van der Waals surface area contributed by atoms with Crippen LogP contribution in [0.5, 0.6) is 0 Å². The summed E-state index contributed by atoms with van der Waals surface area (Å²) >= 11 is 0. The first-order chi connectivity index (χ1) is 10.2. The van der Waals surface area contributed by atoms with Crippen molar-refractivity contribution in [2.24, 2.45) is 5.92 Å². The van der Waals surface area contributed by atoms with E-state index in [2.05, 4.69) is 5.32 Å². The first kappa shape index (κ1) is 16.3. The number of hydrogen-bond donors (Lipinski definition) is 2. The minimum Gasteiger partial charge on any atom is -0.348 e. The van der Waals surface area contributed by atoms with E-state index in [0.717, 1.165) is 12.8 Å². The van der Waals surface area contributed by atoms with Crippen molar-refractivity contribution in [3.8, 4) is 0 Å². The maximum absolute atomic E-state index is 13.6. The molecule has 0 unspecified atom stereocenters. The van der Waals surface area contributed by atoms with E-state index in [1.54, 1.807) is 0 Å². The van der Waals surface area contributed by atoms with Gasteiger partial charge < -0.3 is 10.6 Å². The number of anilines is 1. The summed E-state index contributed by atoms with van der Waals surface area (Å²) in [5.41, 5.74) is -0.339. The van der Waals surface area contributed by atoms with Gasteiger partial charge >= 0.3 is 11.8 Å². The van der Waals surface area contributed by atoms with Crippen molar-refractivity contribution in [1.82, 2.24) is 5.32 Å². The lowest BCUT2D eigenvalue weighted by Crippen LogP contribution is -2.36. The van der Waals surface area contributed by atoms with Gasteiger partial charge in [0.2, 0.25) is 0 Å². The Kier molecular flexibility index (Phi) is 4.45. The van der Waals surface area contributed by atoms with Crippen LogP contribution in [0.1, 0.15) is 12.8 Å². The molecule has 0 aromatic heterocycles. The van der Waals surface area contributed by atoms with Crippen LogP contribution in [0, 0.1) is 17.6 Å². The van der Waals surface area contributed by atoms with E-state index in [1.807, 2.05) is 5.32 Å². The lowest BCUT2D eigenvalue weighted by atomic mass is 10.3. The van der Waals surface area contributed by atoms with E-state index in [9.17, 15) is 26.8 Å². The van der Waals surface area contributed by atoms with E-state index in [0.29, 0.717) is 30.9 Å². The third-order valence-corrected chi connectivity index (χ3v) is 4.21. The number of halogens is 2. The van der Waals surface area contributed by atoms with Crippen molar-refractivity contribution < 1.29 is 26.8 Å². The van der Waals surface area contributed by atoms with Crippen LogP contribution in [0.15, 0.2) is 17.0 Å². The molecule has 0 bridgehead atoms. The molecular formula is C13H14F2N2O4S. The first-order valence-electron chi connectivity index (χ1n) is 6.46. The van der Waals surface area contributed by atoms with Gasteiger partial charge in [0.15, 0.2) is 9.84 Å². The van der Waals surface area contributed by atoms with Crippen molar-refractivity contribution in [2.45, 2.75) is 17.7 Å². The average Bonchev–Trinajstić information content (AvgIpc) is 3.16. The Hall–Kier alpha value is -2.03. The van der Waals surface area contributed by atoms with Gasteiger partial charge in [-0.05, 0) is 30.9 Å². The van der Waals surface area contributed by atoms with E-state index >= 15 is 0 Å². The molecule has 1 aliphatic rings. The first-order valence-corrected chi connectivity index (χ1v) is 8.36. The fourth-order valence-corrected chi connectivity index (χ4v) is 2.64. The number of sulfone groups is 1. The summed E-state index contributed by atoms with van der Waals surface area (Å²) in [5, 5.41) is 4.42. The number of amides is 2. The van der Waals surface area contributed by atoms with Crippen molar-refractivity contribution >= 4 is 27.3 Å². The number of benzene rings is 1. The van der Waals surface area contributed by atoms with Gasteiger partial charge in [0, 0.05) is 18.5 Å². The molecule has 0 spiro atoms. The third kappa shape index (κ3) is 4.00. The fraction of sp³-hybridized carbons (Fsp3) is 0.385. The SMILES string of the molecule is CS(=O)(=O)c1c(F)cc(NC(=O)C(=O)NCC2CC2)cc1F. The van der Waals surface area contributed by atoms with Gasteiger partial charge in [-0.2, -0.15) is 0 Å². The second-order valence-electron chi connectivity index (χ2n) is 5.15. The van der Waals surface area contributed by atoms with Crippen LogP contribution >= 0.6 is 0 Å². The van der Waals surface area contributed by atoms with Gasteiger partial charge in [-0.15, -0.1) is 0 Å². The summed E-state index contributed by atoms with van der Waals surface area (Å²) in [6.45, 7) is 0.377. The Morgan fingerprint density at radius 2 is 1.73 bits per heavy atom. The molecule has 1 aromatic carbocycles. The van der Waals surface area contributed by atoms with Crippen LogP contribution in [-0.4, -0.2) is 33.0 Å². The molecule has 1 fully saturated rings. The highest BCUT2D eigenvalue weighted by molar-refractivity contribution is 7.90. The molecule has 2 rings (SSSR count). The van der Waals surface area contributed by atoms with Gasteiger partial charge in [0.1, 0.15) is 16.5 Å². The van der Waals surface area contributed by atoms with Gasteiger partial charge in [-0.3, -0.25) is 9.59 Å². The van der Waals surface area contributed by atoms with E-state index in [1.165, 1.54) is 0 Å². The number of nitrogens with one attached hydrogen (secondary N) is 2. The van der Waals surface area contributed by atoms with Crippen LogP contribution < -0.4 is 10.6 Å². The molecule has 6 nitrogen and oxygen atoms in total. The average molecular weight is 332 g/mol. The van der Waals surface area contributed by atoms with Gasteiger partial charge in [0.25, 0.3) is 0 Å². The van der Waals surface area contributed by atoms with Crippen LogP contribution in [-0.2, 0) is 19.4 Å². The summed E-state index contributed by atoms with van der Waals surface area (Å²) < 4.78 is 49.8. The molecule has 1 aliphatic carbocycles. The monoisotopic (exact) mass is 332 g/mol. The minimum atomic E-state index is -4.08. The summed E-state index contributed by atoms with van der Waals surface area (Å²) in [5.74, 6) is -4.29. The second kappa shape index (κ2) is 5.99. The van der Waals surface area contributed by atoms with Crippen molar-refractivity contribution in [1.29, 1.82) is 0 Å². The molecule has 120 valence electrons. The zero-order chi connectivity index (χ0) is 16.5. The Morgan fingerprint density at radius 1 is 1.18 bits per heavy atom. The Balaban J connectivity index is 2.09. The van der Waals surface area contributed by atoms with Gasteiger partial charge in [0.05, 0.1) is 0 Å². The summed E-state index contributed by atoms with van der Waals surface area (Å²) in [6.07, 6.45) is 2.65. The number of hydrogen-bond acceptors (Lipinski definition) is 4. The topological polar surface area (TPSA) is 92.3 Å². The van der Waals surface area contributed by atoms with E-state index in [4.69, 9.17) is 0 Å². The molecule has 2 N–H and O–H groups in total. The van der Waals surface area contributed by atoms with Crippen LogP contribution in [0.3, 0.4) is 0 Å². The molecular weight excluding hydrogens is 318 g/mol. The summed E-state index contributed by atoms with van der Waals surface area (Å²) in [4.78, 5) is 22.0. The predicted molar refractivity (Wildman–Crippen MR) is 73.8 cm³/mol. The standard InChI is InChI=1S/C13H14F2N2O4S/c1-22(20,21)11-9(14)4-8(5-10(11)15)17-13(19)12(18)16-6-7-2-3-7/h4-5,7H,2-3,6H2,1H3,(H,16,18)(H,17,19). The highest BCUT2D eigenvalue weighted by Gasteiger charge is 2.24. The zero-order valence-electron chi connectivity index (χ0n) is 11.7. The minimum absolute atomic E-state index is 0.339. The van der Waals surface area contributed by atoms with Crippen molar-refractivity contribution in [3.05, 3.63) is 23.8 Å². The Morgan fingerprint density at radius 3 is 2.18 bits per heavy atom. The molecule has 0 radical (unpaired) electrons. The normalized spacial score (nSPS) is 14.5. The number of carbonyl (C=O) groups excluding carboxylic acids is 2. The molecule has 0 heterocycles. The second-order valence-corrected chi connectivity index (χ2v) is 7.10. The Bertz CT molecular complexity index is 707. The fourth-order valence-electron chi connectivity index (χ4n) is 1.81.